The number of nitrogens with one attached hydrogen (secondary N) is 2. The quantitative estimate of drug-likeness (QED) is 0.809. The van der Waals surface area contributed by atoms with Crippen LogP contribution >= 0.6 is 0 Å². The summed E-state index contributed by atoms with van der Waals surface area (Å²) in [7, 11) is 0. The zero-order valence-corrected chi connectivity index (χ0v) is 10.7. The SMILES string of the molecule is C=C(C)C(Cc1ccc2nc[nH]c2c1)NC(C)=O. The number of aromatic amines is 1. The number of amides is 1. The van der Waals surface area contributed by atoms with Crippen LogP contribution < -0.4 is 5.32 Å². The van der Waals surface area contributed by atoms with Crippen LogP contribution in [0, 0.1) is 0 Å². The van der Waals surface area contributed by atoms with Gasteiger partial charge >= 0.3 is 0 Å². The maximum Gasteiger partial charge on any atom is 0.217 e. The standard InChI is InChI=1S/C14H17N3O/c1-9(2)13(17-10(3)18)6-11-4-5-12-14(7-11)16-8-15-12/h4-5,7-8,13H,1,6H2,2-3H3,(H,15,16)(H,17,18). The molecule has 2 rings (SSSR count). The van der Waals surface area contributed by atoms with Crippen LogP contribution in [-0.4, -0.2) is 21.9 Å². The highest BCUT2D eigenvalue weighted by Crippen LogP contribution is 2.15. The fourth-order valence-electron chi connectivity index (χ4n) is 1.94. The average Bonchev–Trinajstić information content (AvgIpc) is 2.74. The summed E-state index contributed by atoms with van der Waals surface area (Å²) in [5.41, 5.74) is 4.06. The number of fused-ring (bicyclic) bond motifs is 1. The van der Waals surface area contributed by atoms with Gasteiger partial charge in [-0.2, -0.15) is 0 Å². The number of nitrogens with zero attached hydrogens (tertiary/aromatic N) is 1. The minimum Gasteiger partial charge on any atom is -0.350 e. The van der Waals surface area contributed by atoms with Crippen molar-refractivity contribution in [1.82, 2.24) is 15.3 Å². The Morgan fingerprint density at radius 1 is 1.50 bits per heavy atom. The van der Waals surface area contributed by atoms with Gasteiger partial charge in [0, 0.05) is 6.92 Å². The van der Waals surface area contributed by atoms with Gasteiger partial charge < -0.3 is 10.3 Å². The zero-order chi connectivity index (χ0) is 13.1. The third-order valence-corrected chi connectivity index (χ3v) is 2.90. The third kappa shape index (κ3) is 2.77. The van der Waals surface area contributed by atoms with Crippen molar-refractivity contribution in [3.05, 3.63) is 42.2 Å². The summed E-state index contributed by atoms with van der Waals surface area (Å²) >= 11 is 0. The number of benzene rings is 1. The molecule has 1 atom stereocenters. The van der Waals surface area contributed by atoms with E-state index in [0.717, 1.165) is 28.6 Å². The molecule has 1 amide bonds. The molecule has 0 fully saturated rings. The van der Waals surface area contributed by atoms with Crippen LogP contribution in [0.3, 0.4) is 0 Å². The Hall–Kier alpha value is -2.10. The van der Waals surface area contributed by atoms with Crippen molar-refractivity contribution in [2.75, 3.05) is 0 Å². The molecule has 0 radical (unpaired) electrons. The highest BCUT2D eigenvalue weighted by atomic mass is 16.1. The first-order valence-electron chi connectivity index (χ1n) is 5.91. The first kappa shape index (κ1) is 12.4. The number of carbonyl (C=O) groups excluding carboxylic acids is 1. The fourth-order valence-corrected chi connectivity index (χ4v) is 1.94. The number of imidazole rings is 1. The van der Waals surface area contributed by atoms with E-state index in [1.807, 2.05) is 19.1 Å². The second-order valence-corrected chi connectivity index (χ2v) is 4.56. The predicted molar refractivity (Wildman–Crippen MR) is 72.2 cm³/mol. The van der Waals surface area contributed by atoms with Crippen molar-refractivity contribution in [2.45, 2.75) is 26.3 Å². The summed E-state index contributed by atoms with van der Waals surface area (Å²) in [6.45, 7) is 7.37. The van der Waals surface area contributed by atoms with Gasteiger partial charge in [0.2, 0.25) is 5.91 Å². The Labute approximate surface area is 106 Å². The van der Waals surface area contributed by atoms with Crippen molar-refractivity contribution in [3.63, 3.8) is 0 Å². The Balaban J connectivity index is 2.19. The number of hydrogen-bond donors (Lipinski definition) is 2. The number of aromatic nitrogens is 2. The topological polar surface area (TPSA) is 57.8 Å². The summed E-state index contributed by atoms with van der Waals surface area (Å²) in [4.78, 5) is 18.4. The molecule has 0 spiro atoms. The van der Waals surface area contributed by atoms with Crippen molar-refractivity contribution in [1.29, 1.82) is 0 Å². The van der Waals surface area contributed by atoms with Crippen molar-refractivity contribution in [3.8, 4) is 0 Å². The van der Waals surface area contributed by atoms with E-state index in [4.69, 9.17) is 0 Å². The minimum atomic E-state index is -0.0365. The largest absolute Gasteiger partial charge is 0.350 e. The second kappa shape index (κ2) is 5.04. The molecular weight excluding hydrogens is 226 g/mol. The molecule has 0 bridgehead atoms. The second-order valence-electron chi connectivity index (χ2n) is 4.56. The van der Waals surface area contributed by atoms with Crippen molar-refractivity contribution in [2.24, 2.45) is 0 Å². The van der Waals surface area contributed by atoms with E-state index in [-0.39, 0.29) is 11.9 Å². The van der Waals surface area contributed by atoms with Gasteiger partial charge in [-0.25, -0.2) is 4.98 Å². The van der Waals surface area contributed by atoms with Gasteiger partial charge in [-0.05, 0) is 31.0 Å². The summed E-state index contributed by atoms with van der Waals surface area (Å²) < 4.78 is 0. The Morgan fingerprint density at radius 2 is 2.28 bits per heavy atom. The third-order valence-electron chi connectivity index (χ3n) is 2.90. The highest BCUT2D eigenvalue weighted by Gasteiger charge is 2.12. The summed E-state index contributed by atoms with van der Waals surface area (Å²) in [6.07, 6.45) is 2.42. The first-order chi connectivity index (χ1) is 8.56. The molecule has 2 N–H and O–H groups in total. The highest BCUT2D eigenvalue weighted by molar-refractivity contribution is 5.75. The lowest BCUT2D eigenvalue weighted by Gasteiger charge is -2.18. The molecule has 2 aromatic rings. The van der Waals surface area contributed by atoms with Crippen LogP contribution in [0.1, 0.15) is 19.4 Å². The van der Waals surface area contributed by atoms with Gasteiger partial charge in [0.1, 0.15) is 0 Å². The Kier molecular flexibility index (Phi) is 3.46. The molecule has 4 nitrogen and oxygen atoms in total. The summed E-state index contributed by atoms with van der Waals surface area (Å²) in [5.74, 6) is -0.0365. The number of H-pyrrole nitrogens is 1. The molecule has 1 aromatic heterocycles. The minimum absolute atomic E-state index is 0.0251. The molecule has 0 saturated heterocycles. The van der Waals surface area contributed by atoms with Crippen LogP contribution in [0.2, 0.25) is 0 Å². The zero-order valence-electron chi connectivity index (χ0n) is 10.7. The van der Waals surface area contributed by atoms with Crippen LogP contribution in [0.15, 0.2) is 36.7 Å². The lowest BCUT2D eigenvalue weighted by molar-refractivity contribution is -0.119. The molecular formula is C14H17N3O. The van der Waals surface area contributed by atoms with Gasteiger partial charge in [-0.1, -0.05) is 18.2 Å². The van der Waals surface area contributed by atoms with E-state index in [0.29, 0.717) is 0 Å². The van der Waals surface area contributed by atoms with Crippen molar-refractivity contribution >= 4 is 16.9 Å². The molecule has 4 heteroatoms. The summed E-state index contributed by atoms with van der Waals surface area (Å²) in [6, 6.07) is 6.04. The molecule has 1 aromatic carbocycles. The molecule has 18 heavy (non-hydrogen) atoms. The van der Waals surface area contributed by atoms with Crippen LogP contribution in [0.5, 0.6) is 0 Å². The van der Waals surface area contributed by atoms with E-state index in [9.17, 15) is 4.79 Å². The van der Waals surface area contributed by atoms with Gasteiger partial charge in [-0.15, -0.1) is 0 Å². The number of hydrogen-bond acceptors (Lipinski definition) is 2. The van der Waals surface area contributed by atoms with Gasteiger partial charge in [-0.3, -0.25) is 4.79 Å². The molecule has 0 aliphatic carbocycles. The predicted octanol–water partition coefficient (Wildman–Crippen LogP) is 2.19. The first-order valence-corrected chi connectivity index (χ1v) is 5.91. The molecule has 0 aliphatic rings. The molecule has 0 saturated carbocycles. The van der Waals surface area contributed by atoms with Gasteiger partial charge in [0.15, 0.2) is 0 Å². The molecule has 1 unspecified atom stereocenters. The van der Waals surface area contributed by atoms with Crippen LogP contribution in [-0.2, 0) is 11.2 Å². The van der Waals surface area contributed by atoms with E-state index >= 15 is 0 Å². The smallest absolute Gasteiger partial charge is 0.217 e. The number of rotatable bonds is 4. The lowest BCUT2D eigenvalue weighted by atomic mass is 10.0. The van der Waals surface area contributed by atoms with Gasteiger partial charge in [0.05, 0.1) is 23.4 Å². The van der Waals surface area contributed by atoms with Gasteiger partial charge in [0.25, 0.3) is 0 Å². The van der Waals surface area contributed by atoms with Crippen LogP contribution in [0.4, 0.5) is 0 Å². The van der Waals surface area contributed by atoms with E-state index in [1.54, 1.807) is 6.33 Å². The summed E-state index contributed by atoms with van der Waals surface area (Å²) in [5, 5.41) is 2.91. The Morgan fingerprint density at radius 3 is 2.94 bits per heavy atom. The lowest BCUT2D eigenvalue weighted by Crippen LogP contribution is -2.35. The maximum atomic E-state index is 11.2. The van der Waals surface area contributed by atoms with E-state index in [2.05, 4.69) is 27.9 Å². The normalized spacial score (nSPS) is 12.3. The monoisotopic (exact) mass is 243 g/mol. The molecule has 94 valence electrons. The maximum absolute atomic E-state index is 11.2. The fraction of sp³-hybridized carbons (Fsp3) is 0.286. The average molecular weight is 243 g/mol. The number of carbonyl (C=O) groups is 1. The van der Waals surface area contributed by atoms with E-state index < -0.39 is 0 Å². The van der Waals surface area contributed by atoms with Crippen LogP contribution in [0.25, 0.3) is 11.0 Å². The van der Waals surface area contributed by atoms with E-state index in [1.165, 1.54) is 6.92 Å². The molecule has 0 aliphatic heterocycles. The molecule has 1 heterocycles. The Bertz CT molecular complexity index is 585. The van der Waals surface area contributed by atoms with Crippen molar-refractivity contribution < 1.29 is 4.79 Å².